The molecule has 2 N–H and O–H groups in total. The topological polar surface area (TPSA) is 46.3 Å². The van der Waals surface area contributed by atoms with E-state index in [1.54, 1.807) is 0 Å². The molecule has 0 aromatic heterocycles. The quantitative estimate of drug-likeness (QED) is 0.833. The molecule has 1 amide bonds. The third kappa shape index (κ3) is 2.67. The molecule has 3 fully saturated rings. The second kappa shape index (κ2) is 5.82. The molecule has 2 unspecified atom stereocenters. The summed E-state index contributed by atoms with van der Waals surface area (Å²) in [6.45, 7) is 1.83. The molecular formula is C16H28N2O. The average molecular weight is 264 g/mol. The van der Waals surface area contributed by atoms with E-state index in [4.69, 9.17) is 5.73 Å². The van der Waals surface area contributed by atoms with Crippen LogP contribution in [0, 0.1) is 17.8 Å². The van der Waals surface area contributed by atoms with Gasteiger partial charge in [0.15, 0.2) is 0 Å². The second-order valence-electron chi connectivity index (χ2n) is 6.89. The van der Waals surface area contributed by atoms with Crippen molar-refractivity contribution in [1.82, 2.24) is 4.90 Å². The predicted octanol–water partition coefficient (Wildman–Crippen LogP) is 2.54. The van der Waals surface area contributed by atoms with Gasteiger partial charge < -0.3 is 10.6 Å². The van der Waals surface area contributed by atoms with Crippen molar-refractivity contribution in [3.63, 3.8) is 0 Å². The maximum Gasteiger partial charge on any atom is 0.225 e. The van der Waals surface area contributed by atoms with E-state index in [0.717, 1.165) is 44.7 Å². The number of carbonyl (C=O) groups is 1. The van der Waals surface area contributed by atoms with Crippen molar-refractivity contribution in [3.8, 4) is 0 Å². The summed E-state index contributed by atoms with van der Waals surface area (Å²) in [5.74, 6) is 2.27. The standard InChI is InChI=1S/C16H28N2O/c17-11-12-6-8-14(9-7-12)16(19)18-10-2-4-13-3-1-5-15(13)18/h12-15H,1-11,17H2. The van der Waals surface area contributed by atoms with Gasteiger partial charge in [-0.15, -0.1) is 0 Å². The van der Waals surface area contributed by atoms with E-state index < -0.39 is 0 Å². The van der Waals surface area contributed by atoms with Crippen molar-refractivity contribution in [2.24, 2.45) is 23.5 Å². The molecule has 0 aromatic carbocycles. The Hall–Kier alpha value is -0.570. The molecule has 2 saturated carbocycles. The average Bonchev–Trinajstić information content (AvgIpc) is 2.95. The van der Waals surface area contributed by atoms with E-state index in [0.29, 0.717) is 23.8 Å². The first kappa shape index (κ1) is 13.4. The second-order valence-corrected chi connectivity index (χ2v) is 6.89. The minimum atomic E-state index is 0.308. The zero-order chi connectivity index (χ0) is 13.2. The summed E-state index contributed by atoms with van der Waals surface area (Å²) in [5, 5.41) is 0. The maximum absolute atomic E-state index is 12.8. The molecule has 108 valence electrons. The van der Waals surface area contributed by atoms with Crippen LogP contribution in [-0.2, 0) is 4.79 Å². The number of hydrogen-bond acceptors (Lipinski definition) is 2. The minimum Gasteiger partial charge on any atom is -0.339 e. The van der Waals surface area contributed by atoms with Crippen molar-refractivity contribution in [2.45, 2.75) is 63.8 Å². The van der Waals surface area contributed by atoms with Gasteiger partial charge in [-0.1, -0.05) is 6.42 Å². The lowest BCUT2D eigenvalue weighted by atomic mass is 9.80. The van der Waals surface area contributed by atoms with Crippen LogP contribution in [0.25, 0.3) is 0 Å². The molecule has 3 heteroatoms. The van der Waals surface area contributed by atoms with Gasteiger partial charge in [-0.2, -0.15) is 0 Å². The Balaban J connectivity index is 1.60. The van der Waals surface area contributed by atoms with Crippen LogP contribution < -0.4 is 5.73 Å². The van der Waals surface area contributed by atoms with Crippen LogP contribution in [0.5, 0.6) is 0 Å². The van der Waals surface area contributed by atoms with Crippen LogP contribution in [-0.4, -0.2) is 29.9 Å². The first-order valence-electron chi connectivity index (χ1n) is 8.30. The minimum absolute atomic E-state index is 0.308. The monoisotopic (exact) mass is 264 g/mol. The summed E-state index contributed by atoms with van der Waals surface area (Å²) in [5.41, 5.74) is 5.74. The van der Waals surface area contributed by atoms with Crippen molar-refractivity contribution in [2.75, 3.05) is 13.1 Å². The highest BCUT2D eigenvalue weighted by Gasteiger charge is 2.39. The maximum atomic E-state index is 12.8. The van der Waals surface area contributed by atoms with E-state index in [1.807, 2.05) is 0 Å². The van der Waals surface area contributed by atoms with E-state index >= 15 is 0 Å². The summed E-state index contributed by atoms with van der Waals surface area (Å²) >= 11 is 0. The molecule has 0 aromatic rings. The smallest absolute Gasteiger partial charge is 0.225 e. The molecule has 2 atom stereocenters. The van der Waals surface area contributed by atoms with Crippen molar-refractivity contribution in [1.29, 1.82) is 0 Å². The van der Waals surface area contributed by atoms with Gasteiger partial charge in [0.05, 0.1) is 0 Å². The zero-order valence-electron chi connectivity index (χ0n) is 12.0. The van der Waals surface area contributed by atoms with Gasteiger partial charge in [0, 0.05) is 18.5 Å². The van der Waals surface area contributed by atoms with Gasteiger partial charge >= 0.3 is 0 Å². The molecule has 1 heterocycles. The third-order valence-electron chi connectivity index (χ3n) is 5.81. The van der Waals surface area contributed by atoms with Crippen molar-refractivity contribution in [3.05, 3.63) is 0 Å². The van der Waals surface area contributed by atoms with Gasteiger partial charge in [0.2, 0.25) is 5.91 Å². The van der Waals surface area contributed by atoms with Gasteiger partial charge in [-0.3, -0.25) is 4.79 Å². The number of amides is 1. The summed E-state index contributed by atoms with van der Waals surface area (Å²) in [6, 6.07) is 0.591. The molecule has 19 heavy (non-hydrogen) atoms. The summed E-state index contributed by atoms with van der Waals surface area (Å²) < 4.78 is 0. The Morgan fingerprint density at radius 3 is 2.47 bits per heavy atom. The molecule has 1 saturated heterocycles. The third-order valence-corrected chi connectivity index (χ3v) is 5.81. The zero-order valence-corrected chi connectivity index (χ0v) is 12.0. The van der Waals surface area contributed by atoms with Crippen LogP contribution in [0.3, 0.4) is 0 Å². The van der Waals surface area contributed by atoms with E-state index in [1.165, 1.54) is 32.1 Å². The number of hydrogen-bond donors (Lipinski definition) is 1. The molecular weight excluding hydrogens is 236 g/mol. The van der Waals surface area contributed by atoms with Crippen LogP contribution in [0.2, 0.25) is 0 Å². The molecule has 0 radical (unpaired) electrons. The first-order valence-corrected chi connectivity index (χ1v) is 8.30. The van der Waals surface area contributed by atoms with E-state index in [9.17, 15) is 4.79 Å². The molecule has 0 spiro atoms. The number of nitrogens with zero attached hydrogens (tertiary/aromatic N) is 1. The fourth-order valence-corrected chi connectivity index (χ4v) is 4.61. The van der Waals surface area contributed by atoms with Gasteiger partial charge in [-0.25, -0.2) is 0 Å². The normalized spacial score (nSPS) is 39.1. The number of piperidine rings is 1. The summed E-state index contributed by atoms with van der Waals surface area (Å²) in [7, 11) is 0. The number of carbonyl (C=O) groups excluding carboxylic acids is 1. The molecule has 1 aliphatic heterocycles. The molecule has 3 nitrogen and oxygen atoms in total. The highest BCUT2D eigenvalue weighted by atomic mass is 16.2. The Labute approximate surface area is 116 Å². The number of likely N-dealkylation sites (tertiary alicyclic amines) is 1. The Kier molecular flexibility index (Phi) is 4.11. The lowest BCUT2D eigenvalue weighted by Crippen LogP contribution is -2.49. The SMILES string of the molecule is NCC1CCC(C(=O)N2CCCC3CCCC32)CC1. The van der Waals surface area contributed by atoms with Crippen molar-refractivity contribution >= 4 is 5.91 Å². The number of nitrogens with two attached hydrogens (primary N) is 1. The summed E-state index contributed by atoms with van der Waals surface area (Å²) in [4.78, 5) is 15.1. The molecule has 3 rings (SSSR count). The highest BCUT2D eigenvalue weighted by Crippen LogP contribution is 2.39. The predicted molar refractivity (Wildman–Crippen MR) is 76.6 cm³/mol. The fourth-order valence-electron chi connectivity index (χ4n) is 4.61. The summed E-state index contributed by atoms with van der Waals surface area (Å²) in [6.07, 6.45) is 11.0. The first-order chi connectivity index (χ1) is 9.29. The van der Waals surface area contributed by atoms with Crippen LogP contribution in [0.15, 0.2) is 0 Å². The fraction of sp³-hybridized carbons (Fsp3) is 0.938. The molecule has 3 aliphatic rings. The van der Waals surface area contributed by atoms with E-state index in [2.05, 4.69) is 4.90 Å². The van der Waals surface area contributed by atoms with Gasteiger partial charge in [-0.05, 0) is 69.7 Å². The Bertz CT molecular complexity index is 323. The highest BCUT2D eigenvalue weighted by molar-refractivity contribution is 5.79. The number of rotatable bonds is 2. The lowest BCUT2D eigenvalue weighted by molar-refractivity contribution is -0.141. The lowest BCUT2D eigenvalue weighted by Gasteiger charge is -2.40. The van der Waals surface area contributed by atoms with Gasteiger partial charge in [0.1, 0.15) is 0 Å². The van der Waals surface area contributed by atoms with Gasteiger partial charge in [0.25, 0.3) is 0 Å². The van der Waals surface area contributed by atoms with Crippen LogP contribution in [0.1, 0.15) is 57.8 Å². The van der Waals surface area contributed by atoms with E-state index in [-0.39, 0.29) is 0 Å². The van der Waals surface area contributed by atoms with Crippen LogP contribution >= 0.6 is 0 Å². The number of fused-ring (bicyclic) bond motifs is 1. The molecule has 2 aliphatic carbocycles. The Morgan fingerprint density at radius 2 is 1.74 bits per heavy atom. The van der Waals surface area contributed by atoms with Crippen LogP contribution in [0.4, 0.5) is 0 Å². The molecule has 0 bridgehead atoms. The van der Waals surface area contributed by atoms with Crippen molar-refractivity contribution < 1.29 is 4.79 Å². The largest absolute Gasteiger partial charge is 0.339 e. The Morgan fingerprint density at radius 1 is 1.00 bits per heavy atom.